The Morgan fingerprint density at radius 1 is 0.844 bits per heavy atom. The first-order valence-electron chi connectivity index (χ1n) is 10.4. The van der Waals surface area contributed by atoms with Crippen molar-refractivity contribution in [3.63, 3.8) is 0 Å². The normalized spacial score (nSPS) is 15.2. The molecule has 4 aromatic rings. The van der Waals surface area contributed by atoms with Crippen molar-refractivity contribution in [3.8, 4) is 11.3 Å². The van der Waals surface area contributed by atoms with Crippen LogP contribution in [0.3, 0.4) is 0 Å². The van der Waals surface area contributed by atoms with E-state index in [1.54, 1.807) is 17.0 Å². The van der Waals surface area contributed by atoms with Crippen LogP contribution < -0.4 is 0 Å². The number of H-pyrrole nitrogens is 1. The van der Waals surface area contributed by atoms with Crippen molar-refractivity contribution >= 4 is 26.7 Å². The van der Waals surface area contributed by atoms with Gasteiger partial charge in [-0.1, -0.05) is 60.7 Å². The van der Waals surface area contributed by atoms with Crippen molar-refractivity contribution < 1.29 is 13.2 Å². The molecule has 1 N–H and O–H groups in total. The number of carbonyl (C=O) groups is 1. The zero-order chi connectivity index (χ0) is 22.1. The topological polar surface area (TPSA) is 86.4 Å². The fraction of sp³-hybridized carbons (Fsp3) is 0.167. The second-order valence-corrected chi connectivity index (χ2v) is 9.67. The highest BCUT2D eigenvalue weighted by Crippen LogP contribution is 2.25. The molecule has 3 aromatic carbocycles. The van der Waals surface area contributed by atoms with Gasteiger partial charge in [0.25, 0.3) is 5.91 Å². The van der Waals surface area contributed by atoms with Crippen molar-refractivity contribution in [2.24, 2.45) is 0 Å². The first-order chi connectivity index (χ1) is 15.5. The van der Waals surface area contributed by atoms with E-state index >= 15 is 0 Å². The summed E-state index contributed by atoms with van der Waals surface area (Å²) < 4.78 is 27.8. The number of nitrogens with zero attached hydrogens (tertiary/aromatic N) is 3. The van der Waals surface area contributed by atoms with Crippen LogP contribution in [-0.2, 0) is 10.0 Å². The zero-order valence-corrected chi connectivity index (χ0v) is 18.1. The number of carbonyl (C=O) groups excluding carboxylic acids is 1. The molecule has 0 saturated carbocycles. The Hall–Kier alpha value is -3.49. The molecule has 1 aliphatic heterocycles. The van der Waals surface area contributed by atoms with Gasteiger partial charge in [0, 0.05) is 31.7 Å². The molecule has 0 unspecified atom stereocenters. The molecule has 1 fully saturated rings. The van der Waals surface area contributed by atoms with Crippen LogP contribution in [-0.4, -0.2) is 59.9 Å². The summed E-state index contributed by atoms with van der Waals surface area (Å²) in [7, 11) is -3.63. The molecule has 2 heterocycles. The summed E-state index contributed by atoms with van der Waals surface area (Å²) in [6, 6.07) is 22.4. The van der Waals surface area contributed by atoms with Crippen molar-refractivity contribution in [1.29, 1.82) is 0 Å². The first-order valence-corrected chi connectivity index (χ1v) is 11.8. The second-order valence-electron chi connectivity index (χ2n) is 7.73. The number of amides is 1. The maximum atomic E-state index is 13.2. The molecule has 1 aliphatic rings. The highest BCUT2D eigenvalue weighted by atomic mass is 32.2. The van der Waals surface area contributed by atoms with Crippen LogP contribution in [0, 0.1) is 0 Å². The maximum absolute atomic E-state index is 13.2. The highest BCUT2D eigenvalue weighted by molar-refractivity contribution is 7.89. The Bertz CT molecular complexity index is 1370. The van der Waals surface area contributed by atoms with Gasteiger partial charge in [-0.25, -0.2) is 8.42 Å². The van der Waals surface area contributed by atoms with Gasteiger partial charge < -0.3 is 4.90 Å². The van der Waals surface area contributed by atoms with E-state index in [1.807, 2.05) is 60.7 Å². The first kappa shape index (κ1) is 20.4. The fourth-order valence-corrected chi connectivity index (χ4v) is 5.51. The molecule has 0 aliphatic carbocycles. The molecule has 8 heteroatoms. The van der Waals surface area contributed by atoms with Crippen LogP contribution in [0.2, 0.25) is 0 Å². The molecule has 162 valence electrons. The van der Waals surface area contributed by atoms with Crippen molar-refractivity contribution in [2.75, 3.05) is 26.2 Å². The molecule has 1 saturated heterocycles. The standard InChI is InChI=1S/C24H22N4O3S/c29-24(22-17-25-26-23(22)19-7-2-1-3-8-19)27-12-14-28(15-13-27)32(30,31)21-11-10-18-6-4-5-9-20(18)16-21/h1-11,16-17H,12-15H2,(H,25,26). The van der Waals surface area contributed by atoms with Gasteiger partial charge in [-0.3, -0.25) is 9.89 Å². The molecular weight excluding hydrogens is 424 g/mol. The second kappa shape index (κ2) is 8.22. The molecule has 7 nitrogen and oxygen atoms in total. The highest BCUT2D eigenvalue weighted by Gasteiger charge is 2.31. The van der Waals surface area contributed by atoms with E-state index in [0.717, 1.165) is 16.3 Å². The minimum Gasteiger partial charge on any atom is -0.336 e. The van der Waals surface area contributed by atoms with E-state index in [2.05, 4.69) is 10.2 Å². The number of nitrogens with one attached hydrogen (secondary N) is 1. The molecule has 32 heavy (non-hydrogen) atoms. The monoisotopic (exact) mass is 446 g/mol. The van der Waals surface area contributed by atoms with Gasteiger partial charge in [-0.15, -0.1) is 0 Å². The van der Waals surface area contributed by atoms with Gasteiger partial charge in [0.05, 0.1) is 22.3 Å². The largest absolute Gasteiger partial charge is 0.336 e. The number of hydrogen-bond acceptors (Lipinski definition) is 4. The van der Waals surface area contributed by atoms with Crippen molar-refractivity contribution in [3.05, 3.63) is 84.6 Å². The smallest absolute Gasteiger partial charge is 0.257 e. The molecule has 1 amide bonds. The van der Waals surface area contributed by atoms with E-state index in [-0.39, 0.29) is 23.9 Å². The Morgan fingerprint density at radius 3 is 2.28 bits per heavy atom. The molecular formula is C24H22N4O3S. The van der Waals surface area contributed by atoms with Crippen molar-refractivity contribution in [1.82, 2.24) is 19.4 Å². The lowest BCUT2D eigenvalue weighted by Crippen LogP contribution is -2.50. The van der Waals surface area contributed by atoms with Gasteiger partial charge in [-0.05, 0) is 22.9 Å². The summed E-state index contributed by atoms with van der Waals surface area (Å²) in [6.07, 6.45) is 1.53. The summed E-state index contributed by atoms with van der Waals surface area (Å²) in [5.74, 6) is -0.152. The lowest BCUT2D eigenvalue weighted by Gasteiger charge is -2.34. The van der Waals surface area contributed by atoms with Crippen LogP contribution in [0.15, 0.2) is 83.9 Å². The Kier molecular flexibility index (Phi) is 5.24. The molecule has 0 radical (unpaired) electrons. The number of hydrogen-bond donors (Lipinski definition) is 1. The zero-order valence-electron chi connectivity index (χ0n) is 17.3. The number of aromatic nitrogens is 2. The molecule has 5 rings (SSSR count). The average molecular weight is 447 g/mol. The van der Waals surface area contributed by atoms with Gasteiger partial charge in [0.1, 0.15) is 0 Å². The Balaban J connectivity index is 1.32. The number of piperazine rings is 1. The molecule has 0 atom stereocenters. The van der Waals surface area contributed by atoms with E-state index in [4.69, 9.17) is 0 Å². The van der Waals surface area contributed by atoms with E-state index in [1.165, 1.54) is 10.5 Å². The van der Waals surface area contributed by atoms with Crippen LogP contribution in [0.4, 0.5) is 0 Å². The fourth-order valence-electron chi connectivity index (χ4n) is 4.05. The number of rotatable bonds is 4. The molecule has 0 spiro atoms. The third-order valence-corrected chi connectivity index (χ3v) is 7.71. The van der Waals surface area contributed by atoms with Crippen molar-refractivity contribution in [2.45, 2.75) is 4.90 Å². The molecule has 0 bridgehead atoms. The summed E-state index contributed by atoms with van der Waals surface area (Å²) in [6.45, 7) is 1.15. The SMILES string of the molecule is O=C(c1cn[nH]c1-c1ccccc1)N1CCN(S(=O)(=O)c2ccc3ccccc3c2)CC1. The quantitative estimate of drug-likeness (QED) is 0.521. The van der Waals surface area contributed by atoms with E-state index in [0.29, 0.717) is 24.3 Å². The Morgan fingerprint density at radius 2 is 1.53 bits per heavy atom. The number of benzene rings is 3. The van der Waals surface area contributed by atoms with Crippen LogP contribution in [0.5, 0.6) is 0 Å². The van der Waals surface area contributed by atoms with Crippen LogP contribution in [0.25, 0.3) is 22.0 Å². The number of aromatic amines is 1. The minimum atomic E-state index is -3.63. The van der Waals surface area contributed by atoms with Gasteiger partial charge >= 0.3 is 0 Å². The maximum Gasteiger partial charge on any atom is 0.257 e. The summed E-state index contributed by atoms with van der Waals surface area (Å²) in [5, 5.41) is 8.84. The Labute approximate surface area is 186 Å². The number of sulfonamides is 1. The molecule has 1 aromatic heterocycles. The summed E-state index contributed by atoms with van der Waals surface area (Å²) in [5.41, 5.74) is 2.04. The van der Waals surface area contributed by atoms with E-state index in [9.17, 15) is 13.2 Å². The van der Waals surface area contributed by atoms with Crippen LogP contribution in [0.1, 0.15) is 10.4 Å². The average Bonchev–Trinajstić information content (AvgIpc) is 3.34. The van der Waals surface area contributed by atoms with E-state index < -0.39 is 10.0 Å². The summed E-state index contributed by atoms with van der Waals surface area (Å²) >= 11 is 0. The third kappa shape index (κ3) is 3.68. The predicted molar refractivity (Wildman–Crippen MR) is 123 cm³/mol. The summed E-state index contributed by atoms with van der Waals surface area (Å²) in [4.78, 5) is 15.1. The van der Waals surface area contributed by atoms with Gasteiger partial charge in [0.2, 0.25) is 10.0 Å². The van der Waals surface area contributed by atoms with Gasteiger partial charge in [0.15, 0.2) is 0 Å². The van der Waals surface area contributed by atoms with Crippen LogP contribution >= 0.6 is 0 Å². The number of fused-ring (bicyclic) bond motifs is 1. The lowest BCUT2D eigenvalue weighted by molar-refractivity contribution is 0.0698. The predicted octanol–water partition coefficient (Wildman–Crippen LogP) is 3.38. The van der Waals surface area contributed by atoms with Gasteiger partial charge in [-0.2, -0.15) is 9.40 Å². The minimum absolute atomic E-state index is 0.152. The lowest BCUT2D eigenvalue weighted by atomic mass is 10.1. The third-order valence-electron chi connectivity index (χ3n) is 5.82.